The van der Waals surface area contributed by atoms with Crippen molar-refractivity contribution in [3.05, 3.63) is 0 Å². The number of alkyl halides is 1. The van der Waals surface area contributed by atoms with Crippen LogP contribution in [0, 0.1) is 34.0 Å². The summed E-state index contributed by atoms with van der Waals surface area (Å²) in [6.07, 6.45) is 9.63. The first-order valence-electron chi connectivity index (χ1n) is 12.8. The summed E-state index contributed by atoms with van der Waals surface area (Å²) < 4.78 is 11.6. The molecule has 3 aliphatic rings. The number of rotatable bonds is 6. The molecule has 0 aliphatic heterocycles. The van der Waals surface area contributed by atoms with Crippen LogP contribution in [-0.2, 0) is 19.1 Å². The van der Waals surface area contributed by atoms with Crippen LogP contribution in [0.2, 0.25) is 0 Å². The predicted molar refractivity (Wildman–Crippen MR) is 128 cm³/mol. The number of hydrogen-bond acceptors (Lipinski definition) is 4. The average molecular weight is 469 g/mol. The van der Waals surface area contributed by atoms with Crippen molar-refractivity contribution in [3.8, 4) is 0 Å². The number of carbonyl (C=O) groups is 2. The number of ether oxygens (including phenoxy) is 2. The van der Waals surface area contributed by atoms with E-state index in [1.807, 2.05) is 0 Å². The van der Waals surface area contributed by atoms with Gasteiger partial charge in [0.15, 0.2) is 0 Å². The molecule has 3 saturated carbocycles. The molecule has 3 fully saturated rings. The summed E-state index contributed by atoms with van der Waals surface area (Å²) in [5.41, 5.74) is 0.200. The Hall–Kier alpha value is -0.770. The van der Waals surface area contributed by atoms with Crippen molar-refractivity contribution in [3.63, 3.8) is 0 Å². The third kappa shape index (κ3) is 4.46. The summed E-state index contributed by atoms with van der Waals surface area (Å²) in [5.74, 6) is 0.906. The second-order valence-electron chi connectivity index (χ2n) is 12.0. The van der Waals surface area contributed by atoms with Gasteiger partial charge in [0.1, 0.15) is 12.2 Å². The van der Waals surface area contributed by atoms with Gasteiger partial charge in [-0.3, -0.25) is 9.59 Å². The van der Waals surface area contributed by atoms with Gasteiger partial charge in [0.05, 0.1) is 0 Å². The van der Waals surface area contributed by atoms with Crippen molar-refractivity contribution in [1.29, 1.82) is 0 Å². The van der Waals surface area contributed by atoms with E-state index in [-0.39, 0.29) is 51.7 Å². The molecule has 0 amide bonds. The number of hydrogen-bond donors (Lipinski definition) is 0. The molecule has 184 valence electrons. The maximum Gasteiger partial charge on any atom is 0.302 e. The van der Waals surface area contributed by atoms with E-state index in [2.05, 4.69) is 34.6 Å². The van der Waals surface area contributed by atoms with Gasteiger partial charge in [-0.15, -0.1) is 11.6 Å². The standard InChI is InChI=1S/C27H45ClO4/c1-8-19-16-22(31-17(2)29)24-21(28)13-15-27(24,7)26(19,6)14-12-20-10-9-11-23(25(20,4)5)32-18(3)30/h19-24H,8-16H2,1-7H3/t19?,20?,21-,22+,23-,24?,26+,27+/m0/s1. The maximum absolute atomic E-state index is 11.9. The van der Waals surface area contributed by atoms with Crippen LogP contribution in [0.15, 0.2) is 0 Å². The van der Waals surface area contributed by atoms with Crippen molar-refractivity contribution >= 4 is 23.5 Å². The third-order valence-corrected chi connectivity index (χ3v) is 10.7. The fourth-order valence-corrected chi connectivity index (χ4v) is 8.60. The highest BCUT2D eigenvalue weighted by Gasteiger charge is 2.63. The molecule has 0 aromatic heterocycles. The first-order chi connectivity index (χ1) is 14.9. The minimum Gasteiger partial charge on any atom is -0.462 e. The number of carbonyl (C=O) groups excluding carboxylic acids is 2. The zero-order valence-corrected chi connectivity index (χ0v) is 22.1. The lowest BCUT2D eigenvalue weighted by atomic mass is 9.46. The Bertz CT molecular complexity index is 706. The van der Waals surface area contributed by atoms with Crippen LogP contribution in [0.3, 0.4) is 0 Å². The van der Waals surface area contributed by atoms with Gasteiger partial charge in [0.2, 0.25) is 0 Å². The second kappa shape index (κ2) is 9.47. The molecule has 0 bridgehead atoms. The molecule has 8 atom stereocenters. The highest BCUT2D eigenvalue weighted by Crippen LogP contribution is 2.67. The molecule has 4 nitrogen and oxygen atoms in total. The van der Waals surface area contributed by atoms with E-state index in [9.17, 15) is 9.59 Å². The fourth-order valence-electron chi connectivity index (χ4n) is 8.05. The van der Waals surface area contributed by atoms with E-state index >= 15 is 0 Å². The second-order valence-corrected chi connectivity index (χ2v) is 12.6. The zero-order chi connectivity index (χ0) is 23.9. The van der Waals surface area contributed by atoms with Crippen LogP contribution < -0.4 is 0 Å². The van der Waals surface area contributed by atoms with Crippen molar-refractivity contribution < 1.29 is 19.1 Å². The summed E-state index contributed by atoms with van der Waals surface area (Å²) >= 11 is 6.89. The van der Waals surface area contributed by atoms with Gasteiger partial charge >= 0.3 is 11.9 Å². The average Bonchev–Trinajstić information content (AvgIpc) is 3.01. The summed E-state index contributed by atoms with van der Waals surface area (Å²) in [6, 6.07) is 0. The van der Waals surface area contributed by atoms with E-state index in [0.29, 0.717) is 11.8 Å². The smallest absolute Gasteiger partial charge is 0.302 e. The summed E-state index contributed by atoms with van der Waals surface area (Å²) in [5, 5.41) is 0.0703. The number of fused-ring (bicyclic) bond motifs is 1. The number of halogens is 1. The summed E-state index contributed by atoms with van der Waals surface area (Å²) in [7, 11) is 0. The van der Waals surface area contributed by atoms with Crippen LogP contribution >= 0.6 is 11.6 Å². The highest BCUT2D eigenvalue weighted by atomic mass is 35.5. The van der Waals surface area contributed by atoms with Crippen LogP contribution in [0.4, 0.5) is 0 Å². The van der Waals surface area contributed by atoms with E-state index in [4.69, 9.17) is 21.1 Å². The zero-order valence-electron chi connectivity index (χ0n) is 21.3. The Labute approximate surface area is 200 Å². The van der Waals surface area contributed by atoms with E-state index < -0.39 is 0 Å². The minimum atomic E-state index is -0.188. The van der Waals surface area contributed by atoms with Crippen LogP contribution in [0.5, 0.6) is 0 Å². The van der Waals surface area contributed by atoms with E-state index in [1.165, 1.54) is 20.3 Å². The summed E-state index contributed by atoms with van der Waals surface area (Å²) in [6.45, 7) is 14.8. The molecule has 3 aliphatic carbocycles. The quantitative estimate of drug-likeness (QED) is 0.313. The lowest BCUT2D eigenvalue weighted by Crippen LogP contribution is -2.57. The van der Waals surface area contributed by atoms with Gasteiger partial charge in [-0.05, 0) is 74.0 Å². The Morgan fingerprint density at radius 3 is 2.22 bits per heavy atom. The largest absolute Gasteiger partial charge is 0.462 e. The fraction of sp³-hybridized carbons (Fsp3) is 0.926. The monoisotopic (exact) mass is 468 g/mol. The van der Waals surface area contributed by atoms with Crippen LogP contribution in [0.1, 0.15) is 106 Å². The Morgan fingerprint density at radius 1 is 0.969 bits per heavy atom. The van der Waals surface area contributed by atoms with Crippen molar-refractivity contribution in [2.75, 3.05) is 0 Å². The normalized spacial score (nSPS) is 43.4. The maximum atomic E-state index is 11.9. The first-order valence-corrected chi connectivity index (χ1v) is 13.3. The molecule has 0 radical (unpaired) electrons. The van der Waals surface area contributed by atoms with Gasteiger partial charge in [0, 0.05) is 30.6 Å². The molecule has 5 heteroatoms. The number of esters is 2. The van der Waals surface area contributed by atoms with Gasteiger partial charge in [-0.25, -0.2) is 0 Å². The Kier molecular flexibility index (Phi) is 7.65. The molecule has 0 aromatic carbocycles. The predicted octanol–water partition coefficient (Wildman–Crippen LogP) is 6.92. The van der Waals surface area contributed by atoms with E-state index in [0.717, 1.165) is 51.4 Å². The first kappa shape index (κ1) is 25.8. The molecule has 32 heavy (non-hydrogen) atoms. The molecule has 0 heterocycles. The molecular weight excluding hydrogens is 424 g/mol. The lowest BCUT2D eigenvalue weighted by Gasteiger charge is -2.59. The third-order valence-electron chi connectivity index (χ3n) is 10.2. The molecule has 0 N–H and O–H groups in total. The van der Waals surface area contributed by atoms with Gasteiger partial charge in [-0.1, -0.05) is 41.0 Å². The Balaban J connectivity index is 1.84. The topological polar surface area (TPSA) is 52.6 Å². The van der Waals surface area contributed by atoms with Crippen molar-refractivity contribution in [2.24, 2.45) is 34.0 Å². The SMILES string of the molecule is CCC1C[C@@H](OC(C)=O)C2[C@@H](Cl)CC[C@@]2(C)[C@]1(C)CCC1CCC[C@H](OC(C)=O)C1(C)C. The molecule has 3 rings (SSSR count). The minimum absolute atomic E-state index is 0.00951. The van der Waals surface area contributed by atoms with Crippen molar-refractivity contribution in [1.82, 2.24) is 0 Å². The van der Waals surface area contributed by atoms with Gasteiger partial charge in [-0.2, -0.15) is 0 Å². The molecule has 3 unspecified atom stereocenters. The molecular formula is C27H45ClO4. The van der Waals surface area contributed by atoms with E-state index in [1.54, 1.807) is 0 Å². The van der Waals surface area contributed by atoms with Crippen LogP contribution in [-0.4, -0.2) is 29.5 Å². The van der Waals surface area contributed by atoms with Crippen molar-refractivity contribution in [2.45, 2.75) is 124 Å². The molecule has 0 saturated heterocycles. The summed E-state index contributed by atoms with van der Waals surface area (Å²) in [4.78, 5) is 23.6. The highest BCUT2D eigenvalue weighted by molar-refractivity contribution is 6.21. The Morgan fingerprint density at radius 2 is 1.62 bits per heavy atom. The van der Waals surface area contributed by atoms with Crippen LogP contribution in [0.25, 0.3) is 0 Å². The molecule has 0 aromatic rings. The molecule has 0 spiro atoms. The van der Waals surface area contributed by atoms with Gasteiger partial charge < -0.3 is 9.47 Å². The van der Waals surface area contributed by atoms with Gasteiger partial charge in [0.25, 0.3) is 0 Å². The lowest BCUT2D eigenvalue weighted by molar-refractivity contribution is -0.175.